The first kappa shape index (κ1) is 35.2. The van der Waals surface area contributed by atoms with Crippen molar-refractivity contribution in [2.24, 2.45) is 0 Å². The van der Waals surface area contributed by atoms with E-state index in [2.05, 4.69) is 199 Å². The molecule has 0 radical (unpaired) electrons. The third kappa shape index (κ3) is 5.88. The number of para-hydroxylation sites is 2. The zero-order valence-corrected chi connectivity index (χ0v) is 33.1. The summed E-state index contributed by atoms with van der Waals surface area (Å²) in [6, 6.07) is 69.0. The summed E-state index contributed by atoms with van der Waals surface area (Å²) in [5, 5.41) is 5.86. The van der Waals surface area contributed by atoms with Crippen LogP contribution in [0.15, 0.2) is 211 Å². The summed E-state index contributed by atoms with van der Waals surface area (Å²) in [7, 11) is 0. The van der Waals surface area contributed by atoms with Gasteiger partial charge < -0.3 is 13.9 Å². The first-order valence-corrected chi connectivity index (χ1v) is 20.3. The minimum Gasteiger partial charge on any atom is -0.454 e. The summed E-state index contributed by atoms with van der Waals surface area (Å²) in [4.78, 5) is 7.12. The monoisotopic (exact) mass is 769 g/mol. The maximum atomic E-state index is 6.07. The third-order valence-electron chi connectivity index (χ3n) is 11.8. The molecule has 0 aliphatic rings. The zero-order chi connectivity index (χ0) is 40.2. The highest BCUT2D eigenvalue weighted by Gasteiger charge is 2.21. The number of furan rings is 1. The highest BCUT2D eigenvalue weighted by molar-refractivity contribution is 6.16. The molecule has 0 aliphatic carbocycles. The summed E-state index contributed by atoms with van der Waals surface area (Å²) in [5.41, 5.74) is 16.1. The summed E-state index contributed by atoms with van der Waals surface area (Å²) >= 11 is 0. The van der Waals surface area contributed by atoms with Crippen LogP contribution in [0.2, 0.25) is 0 Å². The largest absolute Gasteiger partial charge is 0.454 e. The van der Waals surface area contributed by atoms with E-state index in [1.165, 1.54) is 32.8 Å². The van der Waals surface area contributed by atoms with Gasteiger partial charge in [-0.15, -0.1) is 0 Å². The van der Waals surface area contributed by atoms with E-state index in [0.29, 0.717) is 0 Å². The number of rotatable bonds is 8. The molecule has 0 amide bonds. The summed E-state index contributed by atoms with van der Waals surface area (Å²) in [5.74, 6) is 0. The first-order valence-electron chi connectivity index (χ1n) is 20.3. The number of aromatic nitrogens is 2. The van der Waals surface area contributed by atoms with Crippen molar-refractivity contribution >= 4 is 66.8 Å². The molecule has 284 valence electrons. The molecule has 0 atom stereocenters. The van der Waals surface area contributed by atoms with E-state index < -0.39 is 0 Å². The van der Waals surface area contributed by atoms with Gasteiger partial charge in [0.25, 0.3) is 0 Å². The Morgan fingerprint density at radius 3 is 2.03 bits per heavy atom. The predicted molar refractivity (Wildman–Crippen MR) is 252 cm³/mol. The molecule has 11 rings (SSSR count). The van der Waals surface area contributed by atoms with E-state index in [1.807, 2.05) is 30.5 Å². The van der Waals surface area contributed by atoms with Crippen LogP contribution >= 0.6 is 0 Å². The molecule has 11 aromatic rings. The number of aryl methyl sites for hydroxylation is 1. The van der Waals surface area contributed by atoms with Gasteiger partial charge in [0.05, 0.1) is 23.1 Å². The molecule has 0 saturated heterocycles. The van der Waals surface area contributed by atoms with Crippen molar-refractivity contribution in [1.82, 2.24) is 9.55 Å². The maximum absolute atomic E-state index is 6.07. The van der Waals surface area contributed by atoms with E-state index in [4.69, 9.17) is 9.40 Å². The lowest BCUT2D eigenvalue weighted by atomic mass is 9.95. The van der Waals surface area contributed by atoms with Crippen LogP contribution in [0.3, 0.4) is 0 Å². The van der Waals surface area contributed by atoms with E-state index >= 15 is 0 Å². The molecule has 0 bridgehead atoms. The summed E-state index contributed by atoms with van der Waals surface area (Å²) < 4.78 is 8.43. The molecule has 3 aromatic heterocycles. The standard InChI is InChI=1S/C56H39N3O/c1-3-51-55(46-20-9-7-14-37(46)2)56-47-21-10-8-15-40(47)28-33-52(56)59(51)44-31-26-39(27-32-44)38-24-29-43(30-25-38)58(42-17-5-4-6-18-42)45-19-13-16-41(34-45)50-35-49-48-22-11-12-23-53(48)60-54(49)36-57-50/h3-36H,1H2,2H3. The van der Waals surface area contributed by atoms with Gasteiger partial charge in [0.15, 0.2) is 5.58 Å². The Morgan fingerprint density at radius 1 is 0.550 bits per heavy atom. The van der Waals surface area contributed by atoms with Gasteiger partial charge in [-0.05, 0) is 113 Å². The Morgan fingerprint density at radius 2 is 1.23 bits per heavy atom. The van der Waals surface area contributed by atoms with E-state index in [9.17, 15) is 0 Å². The lowest BCUT2D eigenvalue weighted by molar-refractivity contribution is 0.667. The lowest BCUT2D eigenvalue weighted by Gasteiger charge is -2.26. The van der Waals surface area contributed by atoms with Crippen molar-refractivity contribution in [3.8, 4) is 39.2 Å². The van der Waals surface area contributed by atoms with Crippen LogP contribution in [-0.4, -0.2) is 9.55 Å². The Bertz CT molecular complexity index is 3390. The number of hydrogen-bond acceptors (Lipinski definition) is 3. The fourth-order valence-corrected chi connectivity index (χ4v) is 8.90. The van der Waals surface area contributed by atoms with Crippen molar-refractivity contribution in [1.29, 1.82) is 0 Å². The maximum Gasteiger partial charge on any atom is 0.153 e. The zero-order valence-electron chi connectivity index (χ0n) is 33.1. The average molecular weight is 770 g/mol. The second-order valence-electron chi connectivity index (χ2n) is 15.3. The van der Waals surface area contributed by atoms with E-state index in [-0.39, 0.29) is 0 Å². The molecule has 0 aliphatic heterocycles. The lowest BCUT2D eigenvalue weighted by Crippen LogP contribution is -2.09. The van der Waals surface area contributed by atoms with E-state index in [1.54, 1.807) is 0 Å². The minimum atomic E-state index is 0.789. The van der Waals surface area contributed by atoms with Gasteiger partial charge in [-0.25, -0.2) is 0 Å². The van der Waals surface area contributed by atoms with Crippen LogP contribution in [0.25, 0.3) is 88.9 Å². The molecular formula is C56H39N3O. The molecule has 0 N–H and O–H groups in total. The van der Waals surface area contributed by atoms with Gasteiger partial charge in [0.2, 0.25) is 0 Å². The summed E-state index contributed by atoms with van der Waals surface area (Å²) in [6.45, 7) is 6.54. The second-order valence-corrected chi connectivity index (χ2v) is 15.3. The first-order chi connectivity index (χ1) is 29.6. The Hall–Kier alpha value is -7.95. The predicted octanol–water partition coefficient (Wildman–Crippen LogP) is 15.5. The molecule has 8 aromatic carbocycles. The van der Waals surface area contributed by atoms with Crippen molar-refractivity contribution in [2.45, 2.75) is 6.92 Å². The van der Waals surface area contributed by atoms with Crippen LogP contribution in [0.1, 0.15) is 11.3 Å². The van der Waals surface area contributed by atoms with Crippen molar-refractivity contribution in [3.05, 3.63) is 218 Å². The summed E-state index contributed by atoms with van der Waals surface area (Å²) in [6.07, 6.45) is 3.84. The minimum absolute atomic E-state index is 0.789. The SMILES string of the molecule is C=Cc1c(-c2ccccc2C)c2c3ccccc3ccc2n1-c1ccc(-c2ccc(N(c3ccccc3)c3cccc(-c4cc5c(cn4)oc4ccccc45)c3)cc2)cc1. The Labute approximate surface area is 348 Å². The number of pyridine rings is 1. The van der Waals surface area contributed by atoms with Crippen LogP contribution in [-0.2, 0) is 0 Å². The Kier molecular flexibility index (Phi) is 8.49. The van der Waals surface area contributed by atoms with Gasteiger partial charge in [0.1, 0.15) is 5.58 Å². The van der Waals surface area contributed by atoms with Crippen LogP contribution < -0.4 is 4.90 Å². The molecule has 60 heavy (non-hydrogen) atoms. The van der Waals surface area contributed by atoms with Gasteiger partial charge in [-0.1, -0.05) is 134 Å². The quantitative estimate of drug-likeness (QED) is 0.154. The smallest absolute Gasteiger partial charge is 0.153 e. The van der Waals surface area contributed by atoms with E-state index in [0.717, 1.165) is 78.3 Å². The number of fused-ring (bicyclic) bond motifs is 6. The molecule has 3 heterocycles. The topological polar surface area (TPSA) is 34.2 Å². The number of nitrogens with zero attached hydrogens (tertiary/aromatic N) is 3. The van der Waals surface area contributed by atoms with Gasteiger partial charge >= 0.3 is 0 Å². The highest BCUT2D eigenvalue weighted by atomic mass is 16.3. The van der Waals surface area contributed by atoms with Gasteiger partial charge in [-0.3, -0.25) is 4.98 Å². The van der Waals surface area contributed by atoms with Crippen LogP contribution in [0.5, 0.6) is 0 Å². The molecule has 0 saturated carbocycles. The van der Waals surface area contributed by atoms with Crippen LogP contribution in [0, 0.1) is 6.92 Å². The van der Waals surface area contributed by atoms with Crippen LogP contribution in [0.4, 0.5) is 17.1 Å². The molecule has 4 heteroatoms. The molecule has 0 unspecified atom stereocenters. The second kappa shape index (κ2) is 14.5. The van der Waals surface area contributed by atoms with Crippen molar-refractivity contribution in [3.63, 3.8) is 0 Å². The molecule has 4 nitrogen and oxygen atoms in total. The Balaban J connectivity index is 0.956. The highest BCUT2D eigenvalue weighted by Crippen LogP contribution is 2.43. The fourth-order valence-electron chi connectivity index (χ4n) is 8.90. The fraction of sp³-hybridized carbons (Fsp3) is 0.0179. The molecule has 0 spiro atoms. The third-order valence-corrected chi connectivity index (χ3v) is 11.8. The number of anilines is 3. The van der Waals surface area contributed by atoms with Gasteiger partial charge in [-0.2, -0.15) is 0 Å². The number of hydrogen-bond donors (Lipinski definition) is 0. The average Bonchev–Trinajstić information content (AvgIpc) is 3.86. The molecule has 0 fully saturated rings. The van der Waals surface area contributed by atoms with Crippen molar-refractivity contribution < 1.29 is 4.42 Å². The number of benzene rings is 8. The normalized spacial score (nSPS) is 11.5. The molecular weight excluding hydrogens is 731 g/mol. The van der Waals surface area contributed by atoms with Gasteiger partial charge in [0, 0.05) is 50.0 Å². The van der Waals surface area contributed by atoms with Crippen molar-refractivity contribution in [2.75, 3.05) is 4.90 Å².